The highest BCUT2D eigenvalue weighted by molar-refractivity contribution is 5.62. The molecule has 0 unspecified atom stereocenters. The highest BCUT2D eigenvalue weighted by Crippen LogP contribution is 2.25. The van der Waals surface area contributed by atoms with Crippen molar-refractivity contribution in [3.8, 4) is 5.75 Å². The Kier molecular flexibility index (Phi) is 4.77. The molecule has 0 amide bonds. The van der Waals surface area contributed by atoms with E-state index in [1.807, 2.05) is 0 Å². The number of aryl methyl sites for hydroxylation is 2. The van der Waals surface area contributed by atoms with Crippen LogP contribution < -0.4 is 10.1 Å². The molecule has 0 saturated heterocycles. The van der Waals surface area contributed by atoms with Crippen molar-refractivity contribution in [1.82, 2.24) is 9.78 Å². The van der Waals surface area contributed by atoms with Crippen molar-refractivity contribution in [2.75, 3.05) is 5.32 Å². The van der Waals surface area contributed by atoms with Crippen LogP contribution in [0.15, 0.2) is 30.5 Å². The van der Waals surface area contributed by atoms with Crippen LogP contribution in [-0.4, -0.2) is 21.1 Å². The van der Waals surface area contributed by atoms with Gasteiger partial charge in [0.15, 0.2) is 0 Å². The van der Waals surface area contributed by atoms with Gasteiger partial charge in [-0.2, -0.15) is 5.10 Å². The maximum absolute atomic E-state index is 12.1. The van der Waals surface area contributed by atoms with E-state index in [1.54, 1.807) is 7.05 Å². The SMILES string of the molecule is Cc1nn(C)c(/C=C/Nc2ccc(OC(F)(F)F)cc2)c1[N+](=O)[O-]. The monoisotopic (exact) mass is 342 g/mol. The minimum Gasteiger partial charge on any atom is -0.406 e. The number of ether oxygens (including phenoxy) is 1. The Hall–Kier alpha value is -3.04. The Morgan fingerprint density at radius 1 is 1.33 bits per heavy atom. The van der Waals surface area contributed by atoms with Crippen molar-refractivity contribution >= 4 is 17.5 Å². The summed E-state index contributed by atoms with van der Waals surface area (Å²) in [4.78, 5) is 10.5. The van der Waals surface area contributed by atoms with Crippen molar-refractivity contribution < 1.29 is 22.8 Å². The van der Waals surface area contributed by atoms with Gasteiger partial charge >= 0.3 is 12.0 Å². The molecule has 0 bridgehead atoms. The average molecular weight is 342 g/mol. The van der Waals surface area contributed by atoms with Crippen LogP contribution in [0.5, 0.6) is 5.75 Å². The number of anilines is 1. The van der Waals surface area contributed by atoms with Gasteiger partial charge in [0.25, 0.3) is 0 Å². The first kappa shape index (κ1) is 17.3. The van der Waals surface area contributed by atoms with Crippen molar-refractivity contribution in [3.63, 3.8) is 0 Å². The lowest BCUT2D eigenvalue weighted by atomic mass is 10.3. The van der Waals surface area contributed by atoms with E-state index in [2.05, 4.69) is 15.2 Å². The number of alkyl halides is 3. The summed E-state index contributed by atoms with van der Waals surface area (Å²) in [5, 5.41) is 17.8. The fourth-order valence-corrected chi connectivity index (χ4v) is 2.05. The molecule has 1 N–H and O–H groups in total. The zero-order chi connectivity index (χ0) is 17.9. The van der Waals surface area contributed by atoms with E-state index in [9.17, 15) is 23.3 Å². The van der Waals surface area contributed by atoms with Crippen LogP contribution in [0.1, 0.15) is 11.4 Å². The molecule has 10 heteroatoms. The highest BCUT2D eigenvalue weighted by atomic mass is 19.4. The molecule has 7 nitrogen and oxygen atoms in total. The Balaban J connectivity index is 2.09. The molecule has 2 rings (SSSR count). The molecule has 1 aromatic carbocycles. The number of nitrogens with one attached hydrogen (secondary N) is 1. The maximum atomic E-state index is 12.1. The lowest BCUT2D eigenvalue weighted by Gasteiger charge is -2.09. The maximum Gasteiger partial charge on any atom is 0.573 e. The smallest absolute Gasteiger partial charge is 0.406 e. The van der Waals surface area contributed by atoms with Gasteiger partial charge in [-0.15, -0.1) is 13.2 Å². The van der Waals surface area contributed by atoms with Crippen LogP contribution in [0.4, 0.5) is 24.5 Å². The summed E-state index contributed by atoms with van der Waals surface area (Å²) in [5.74, 6) is -0.338. The van der Waals surface area contributed by atoms with Gasteiger partial charge in [-0.1, -0.05) is 0 Å². The van der Waals surface area contributed by atoms with Crippen LogP contribution in [0.2, 0.25) is 0 Å². The molecule has 0 saturated carbocycles. The number of nitrogens with zero attached hydrogens (tertiary/aromatic N) is 3. The molecule has 0 aliphatic rings. The van der Waals surface area contributed by atoms with E-state index < -0.39 is 11.3 Å². The summed E-state index contributed by atoms with van der Waals surface area (Å²) >= 11 is 0. The first-order valence-electron chi connectivity index (χ1n) is 6.64. The van der Waals surface area contributed by atoms with Crippen LogP contribution in [0.25, 0.3) is 6.08 Å². The van der Waals surface area contributed by atoms with Gasteiger partial charge < -0.3 is 10.1 Å². The largest absolute Gasteiger partial charge is 0.573 e. The average Bonchev–Trinajstić information content (AvgIpc) is 2.73. The second-order valence-corrected chi connectivity index (χ2v) is 4.75. The van der Waals surface area contributed by atoms with Gasteiger partial charge in [0.05, 0.1) is 4.92 Å². The summed E-state index contributed by atoms with van der Waals surface area (Å²) < 4.78 is 41.3. The second kappa shape index (κ2) is 6.60. The van der Waals surface area contributed by atoms with Crippen molar-refractivity contribution in [3.05, 3.63) is 52.0 Å². The van der Waals surface area contributed by atoms with Crippen LogP contribution in [0, 0.1) is 17.0 Å². The Labute approximate surface area is 134 Å². The molecule has 0 aliphatic heterocycles. The molecule has 0 aliphatic carbocycles. The van der Waals surface area contributed by atoms with E-state index in [0.717, 1.165) is 12.1 Å². The van der Waals surface area contributed by atoms with Gasteiger partial charge in [0.1, 0.15) is 17.1 Å². The molecular formula is C14H13F3N4O3. The van der Waals surface area contributed by atoms with Crippen molar-refractivity contribution in [2.24, 2.45) is 7.05 Å². The van der Waals surface area contributed by atoms with E-state index in [4.69, 9.17) is 0 Å². The Morgan fingerprint density at radius 3 is 2.50 bits per heavy atom. The minimum atomic E-state index is -4.74. The summed E-state index contributed by atoms with van der Waals surface area (Å²) in [6, 6.07) is 5.07. The van der Waals surface area contributed by atoms with Crippen molar-refractivity contribution in [2.45, 2.75) is 13.3 Å². The summed E-state index contributed by atoms with van der Waals surface area (Å²) in [6.45, 7) is 1.53. The number of hydrogen-bond donors (Lipinski definition) is 1. The molecule has 1 aromatic heterocycles. The molecule has 1 heterocycles. The third-order valence-corrected chi connectivity index (χ3v) is 3.00. The fourth-order valence-electron chi connectivity index (χ4n) is 2.05. The molecule has 0 spiro atoms. The molecule has 2 aromatic rings. The number of benzene rings is 1. The second-order valence-electron chi connectivity index (χ2n) is 4.75. The predicted octanol–water partition coefficient (Wildman–Crippen LogP) is 3.62. The Morgan fingerprint density at radius 2 is 1.96 bits per heavy atom. The summed E-state index contributed by atoms with van der Waals surface area (Å²) in [7, 11) is 1.57. The Bertz CT molecular complexity index is 767. The topological polar surface area (TPSA) is 82.2 Å². The molecular weight excluding hydrogens is 329 g/mol. The lowest BCUT2D eigenvalue weighted by Crippen LogP contribution is -2.16. The van der Waals surface area contributed by atoms with Crippen LogP contribution >= 0.6 is 0 Å². The molecule has 0 atom stereocenters. The number of halogens is 3. The fraction of sp³-hybridized carbons (Fsp3) is 0.214. The minimum absolute atomic E-state index is 0.107. The van der Waals surface area contributed by atoms with E-state index >= 15 is 0 Å². The molecule has 128 valence electrons. The normalized spacial score (nSPS) is 11.7. The molecule has 24 heavy (non-hydrogen) atoms. The van der Waals surface area contributed by atoms with Gasteiger partial charge in [0.2, 0.25) is 0 Å². The highest BCUT2D eigenvalue weighted by Gasteiger charge is 2.30. The van der Waals surface area contributed by atoms with Crippen LogP contribution in [0.3, 0.4) is 0 Å². The number of rotatable bonds is 5. The van der Waals surface area contributed by atoms with Gasteiger partial charge in [-0.25, -0.2) is 0 Å². The number of aromatic nitrogens is 2. The van der Waals surface area contributed by atoms with Crippen LogP contribution in [-0.2, 0) is 7.05 Å². The third-order valence-electron chi connectivity index (χ3n) is 3.00. The quantitative estimate of drug-likeness (QED) is 0.663. The number of hydrogen-bond acceptors (Lipinski definition) is 5. The van der Waals surface area contributed by atoms with E-state index in [-0.39, 0.29) is 17.1 Å². The van der Waals surface area contributed by atoms with Gasteiger partial charge in [-0.05, 0) is 37.3 Å². The van der Waals surface area contributed by atoms with Gasteiger partial charge in [0, 0.05) is 18.9 Å². The summed E-state index contributed by atoms with van der Waals surface area (Å²) in [6.07, 6.45) is -1.85. The van der Waals surface area contributed by atoms with Gasteiger partial charge in [-0.3, -0.25) is 14.8 Å². The lowest BCUT2D eigenvalue weighted by molar-refractivity contribution is -0.385. The first-order chi connectivity index (χ1) is 11.2. The van der Waals surface area contributed by atoms with E-state index in [1.165, 1.54) is 36.0 Å². The zero-order valence-electron chi connectivity index (χ0n) is 12.7. The predicted molar refractivity (Wildman–Crippen MR) is 80.4 cm³/mol. The van der Waals surface area contributed by atoms with E-state index in [0.29, 0.717) is 11.4 Å². The zero-order valence-corrected chi connectivity index (χ0v) is 12.7. The van der Waals surface area contributed by atoms with Crippen molar-refractivity contribution in [1.29, 1.82) is 0 Å². The third kappa shape index (κ3) is 4.24. The molecule has 0 fully saturated rings. The standard InChI is InChI=1S/C14H13F3N4O3/c1-9-13(21(22)23)12(20(2)19-9)7-8-18-10-3-5-11(6-4-10)24-14(15,16)17/h3-8,18H,1-2H3/b8-7+. The summed E-state index contributed by atoms with van der Waals surface area (Å²) in [5.41, 5.74) is 0.963. The number of nitro groups is 1. The molecule has 0 radical (unpaired) electrons. The first-order valence-corrected chi connectivity index (χ1v) is 6.64.